The molecule has 2 amide bonds. The molecule has 1 aromatic heterocycles. The van der Waals surface area contributed by atoms with Crippen LogP contribution in [0, 0.1) is 23.1 Å². The Kier molecular flexibility index (Phi) is 6.12. The van der Waals surface area contributed by atoms with E-state index in [0.717, 1.165) is 28.1 Å². The zero-order valence-corrected chi connectivity index (χ0v) is 21.3. The summed E-state index contributed by atoms with van der Waals surface area (Å²) in [5, 5.41) is 9.93. The number of urea groups is 1. The fraction of sp³-hybridized carbons (Fsp3) is 0.333. The third-order valence-corrected chi connectivity index (χ3v) is 8.49. The van der Waals surface area contributed by atoms with Crippen molar-refractivity contribution < 1.29 is 22.4 Å². The summed E-state index contributed by atoms with van der Waals surface area (Å²) in [5.74, 6) is -2.43. The number of benzene rings is 2. The maximum Gasteiger partial charge on any atom is 0.394 e. The number of aromatic nitrogens is 2. The molecule has 0 bridgehead atoms. The highest BCUT2D eigenvalue weighted by Crippen LogP contribution is 2.57. The minimum atomic E-state index is -4.44. The number of carbonyl (C=O) groups is 1. The molecule has 4 atom stereocenters. The van der Waals surface area contributed by atoms with Gasteiger partial charge in [0.1, 0.15) is 5.82 Å². The number of hydrogen-bond donors (Lipinski definition) is 2. The van der Waals surface area contributed by atoms with E-state index in [0.29, 0.717) is 24.9 Å². The number of carbonyl (C=O) groups excluding carboxylic acids is 1. The monoisotopic (exact) mass is 536 g/mol. The molecule has 5 nitrogen and oxygen atoms in total. The van der Waals surface area contributed by atoms with Gasteiger partial charge in [0, 0.05) is 23.1 Å². The number of nitrogens with zero attached hydrogens (tertiary/aromatic N) is 2. The molecule has 1 fully saturated rings. The molecule has 0 saturated heterocycles. The number of allylic oxidation sites excluding steroid dienone is 2. The Labute approximate surface area is 223 Å². The fourth-order valence-electron chi connectivity index (χ4n) is 6.61. The zero-order valence-electron chi connectivity index (χ0n) is 21.3. The predicted molar refractivity (Wildman–Crippen MR) is 141 cm³/mol. The molecule has 0 radical (unpaired) electrons. The van der Waals surface area contributed by atoms with Gasteiger partial charge < -0.3 is 10.6 Å². The van der Waals surface area contributed by atoms with Crippen LogP contribution >= 0.6 is 0 Å². The van der Waals surface area contributed by atoms with E-state index >= 15 is 0 Å². The van der Waals surface area contributed by atoms with Gasteiger partial charge in [-0.05, 0) is 73.7 Å². The molecule has 9 heteroatoms. The molecule has 39 heavy (non-hydrogen) atoms. The van der Waals surface area contributed by atoms with E-state index in [9.17, 15) is 22.4 Å². The highest BCUT2D eigenvalue weighted by molar-refractivity contribution is 5.89. The molecule has 0 spiro atoms. The minimum Gasteiger partial charge on any atom is -0.334 e. The number of alkyl halides is 3. The summed E-state index contributed by atoms with van der Waals surface area (Å²) >= 11 is 0. The van der Waals surface area contributed by atoms with Crippen LogP contribution in [0.1, 0.15) is 37.4 Å². The van der Waals surface area contributed by atoms with Crippen molar-refractivity contribution in [2.45, 2.75) is 44.8 Å². The summed E-state index contributed by atoms with van der Waals surface area (Å²) in [4.78, 5) is 12.9. The van der Waals surface area contributed by atoms with Gasteiger partial charge in [-0.1, -0.05) is 42.3 Å². The van der Waals surface area contributed by atoms with Crippen LogP contribution in [0.25, 0.3) is 11.8 Å². The van der Waals surface area contributed by atoms with Gasteiger partial charge in [-0.15, -0.1) is 0 Å². The van der Waals surface area contributed by atoms with E-state index in [1.54, 1.807) is 59.4 Å². The SMILES string of the molecule is C[C@]12Cc3cnn(-c4ccc(F)cc4)c3C=C1CC[C@H]1C2=CCC(C(F)(F)F)[C@@H]1NC(=O)Nc1ccccc1. The van der Waals surface area contributed by atoms with Crippen molar-refractivity contribution in [2.24, 2.45) is 17.3 Å². The second kappa shape index (κ2) is 9.39. The summed E-state index contributed by atoms with van der Waals surface area (Å²) in [6, 6.07) is 13.1. The Balaban J connectivity index is 1.31. The van der Waals surface area contributed by atoms with Crippen molar-refractivity contribution in [1.82, 2.24) is 15.1 Å². The summed E-state index contributed by atoms with van der Waals surface area (Å²) in [6.07, 6.45) is 2.70. The number of hydrogen-bond acceptors (Lipinski definition) is 2. The Bertz CT molecular complexity index is 1460. The second-order valence-electron chi connectivity index (χ2n) is 10.8. The van der Waals surface area contributed by atoms with Gasteiger partial charge in [0.2, 0.25) is 0 Å². The number of para-hydroxylation sites is 1. The fourth-order valence-corrected chi connectivity index (χ4v) is 6.61. The Morgan fingerprint density at radius 2 is 1.85 bits per heavy atom. The van der Waals surface area contributed by atoms with Crippen molar-refractivity contribution in [1.29, 1.82) is 0 Å². The summed E-state index contributed by atoms with van der Waals surface area (Å²) < 4.78 is 57.8. The Morgan fingerprint density at radius 3 is 2.56 bits per heavy atom. The standard InChI is InChI=1S/C30H28F4N4O/c1-29-16-18-17-35-38(22-10-8-20(31)9-11-22)26(18)15-19(29)7-12-23-24(29)13-14-25(30(32,33)34)27(23)37-28(39)36-21-5-3-2-4-6-21/h2-6,8-11,13,15,17,23,25,27H,7,12,14,16H2,1H3,(H2,36,37,39)/t23-,25?,27+,29-/m0/s1. The maximum atomic E-state index is 14.2. The first-order valence-electron chi connectivity index (χ1n) is 13.1. The van der Waals surface area contributed by atoms with E-state index < -0.39 is 35.5 Å². The highest BCUT2D eigenvalue weighted by atomic mass is 19.4. The van der Waals surface area contributed by atoms with Crippen molar-refractivity contribution in [3.63, 3.8) is 0 Å². The highest BCUT2D eigenvalue weighted by Gasteiger charge is 2.54. The predicted octanol–water partition coefficient (Wildman–Crippen LogP) is 7.07. The van der Waals surface area contributed by atoms with Gasteiger partial charge >= 0.3 is 12.2 Å². The van der Waals surface area contributed by atoms with Gasteiger partial charge in [0.15, 0.2) is 0 Å². The van der Waals surface area contributed by atoms with Crippen LogP contribution in [-0.2, 0) is 6.42 Å². The van der Waals surface area contributed by atoms with Crippen molar-refractivity contribution in [3.8, 4) is 5.69 Å². The van der Waals surface area contributed by atoms with Gasteiger partial charge in [-0.2, -0.15) is 18.3 Å². The third kappa shape index (κ3) is 4.53. The molecule has 2 aromatic carbocycles. The smallest absolute Gasteiger partial charge is 0.334 e. The topological polar surface area (TPSA) is 59.0 Å². The number of amides is 2. The lowest BCUT2D eigenvalue weighted by molar-refractivity contribution is -0.186. The van der Waals surface area contributed by atoms with Crippen LogP contribution in [0.4, 0.5) is 28.0 Å². The van der Waals surface area contributed by atoms with Crippen LogP contribution in [0.5, 0.6) is 0 Å². The molecular formula is C30H28F4N4O. The molecule has 2 N–H and O–H groups in total. The number of fused-ring (bicyclic) bond motifs is 4. The molecule has 3 aliphatic carbocycles. The van der Waals surface area contributed by atoms with Crippen molar-refractivity contribution >= 4 is 17.8 Å². The average Bonchev–Trinajstić information content (AvgIpc) is 3.29. The Morgan fingerprint density at radius 1 is 1.10 bits per heavy atom. The van der Waals surface area contributed by atoms with Crippen molar-refractivity contribution in [3.05, 3.63) is 95.1 Å². The number of rotatable bonds is 3. The molecule has 6 rings (SSSR count). The Hall–Kier alpha value is -3.88. The molecule has 1 unspecified atom stereocenters. The zero-order chi connectivity index (χ0) is 27.4. The van der Waals surface area contributed by atoms with Gasteiger partial charge in [0.05, 0.1) is 23.5 Å². The minimum absolute atomic E-state index is 0.184. The summed E-state index contributed by atoms with van der Waals surface area (Å²) in [6.45, 7) is 2.09. The van der Waals surface area contributed by atoms with Crippen LogP contribution in [0.15, 0.2) is 78.0 Å². The van der Waals surface area contributed by atoms with Crippen molar-refractivity contribution in [2.75, 3.05) is 5.32 Å². The van der Waals surface area contributed by atoms with E-state index in [2.05, 4.69) is 28.7 Å². The molecule has 3 aliphatic rings. The van der Waals surface area contributed by atoms with Gasteiger partial charge in [-0.25, -0.2) is 13.9 Å². The quantitative estimate of drug-likeness (QED) is 0.278. The van der Waals surface area contributed by atoms with E-state index in [1.807, 2.05) is 0 Å². The second-order valence-corrected chi connectivity index (χ2v) is 10.8. The first-order chi connectivity index (χ1) is 18.6. The first kappa shape index (κ1) is 25.4. The largest absolute Gasteiger partial charge is 0.394 e. The number of anilines is 1. The third-order valence-electron chi connectivity index (χ3n) is 8.49. The lowest BCUT2D eigenvalue weighted by atomic mass is 9.55. The van der Waals surface area contributed by atoms with Crippen LogP contribution in [0.2, 0.25) is 0 Å². The van der Waals surface area contributed by atoms with E-state index in [4.69, 9.17) is 0 Å². The molecular weight excluding hydrogens is 508 g/mol. The number of nitrogens with one attached hydrogen (secondary N) is 2. The average molecular weight is 537 g/mol. The molecule has 1 saturated carbocycles. The van der Waals surface area contributed by atoms with Crippen LogP contribution in [0.3, 0.4) is 0 Å². The summed E-state index contributed by atoms with van der Waals surface area (Å²) in [7, 11) is 0. The van der Waals surface area contributed by atoms with Gasteiger partial charge in [-0.3, -0.25) is 0 Å². The maximum absolute atomic E-state index is 14.2. The van der Waals surface area contributed by atoms with Crippen LogP contribution in [-0.4, -0.2) is 28.0 Å². The molecule has 3 aromatic rings. The molecule has 0 aliphatic heterocycles. The van der Waals surface area contributed by atoms with E-state index in [-0.39, 0.29) is 12.2 Å². The molecule has 1 heterocycles. The molecule has 202 valence electrons. The van der Waals surface area contributed by atoms with Gasteiger partial charge in [0.25, 0.3) is 0 Å². The number of halogens is 4. The summed E-state index contributed by atoms with van der Waals surface area (Å²) in [5.41, 5.74) is 4.77. The first-order valence-corrected chi connectivity index (χ1v) is 13.1. The van der Waals surface area contributed by atoms with Crippen LogP contribution < -0.4 is 10.6 Å². The lowest BCUT2D eigenvalue weighted by Gasteiger charge is -2.51. The normalized spacial score (nSPS) is 25.9. The van der Waals surface area contributed by atoms with E-state index in [1.165, 1.54) is 12.1 Å². The lowest BCUT2D eigenvalue weighted by Crippen LogP contribution is -2.56.